The van der Waals surface area contributed by atoms with Crippen molar-refractivity contribution >= 4 is 5.91 Å². The minimum absolute atomic E-state index is 0.0532. The molecule has 33 heavy (non-hydrogen) atoms. The summed E-state index contributed by atoms with van der Waals surface area (Å²) in [6.07, 6.45) is -9.96. The van der Waals surface area contributed by atoms with E-state index in [1.54, 1.807) is 7.05 Å². The molecule has 3 nitrogen and oxygen atoms in total. The van der Waals surface area contributed by atoms with Gasteiger partial charge in [0.05, 0.1) is 22.6 Å². The summed E-state index contributed by atoms with van der Waals surface area (Å²) in [5, 5.41) is 3.23. The highest BCUT2D eigenvalue weighted by atomic mass is 19.4. The molecule has 0 aliphatic carbocycles. The smallest absolute Gasteiger partial charge is 0.340 e. The number of rotatable bonds is 4. The number of likely N-dealkylation sites (N-methyl/N-ethyl adjacent to an activating group) is 1. The van der Waals surface area contributed by atoms with Crippen molar-refractivity contribution in [2.75, 3.05) is 20.1 Å². The molecular formula is C24H26F6N2O. The van der Waals surface area contributed by atoms with Gasteiger partial charge < -0.3 is 10.2 Å². The molecule has 1 aliphatic heterocycles. The first-order chi connectivity index (χ1) is 15.1. The van der Waals surface area contributed by atoms with Gasteiger partial charge in [0.25, 0.3) is 0 Å². The van der Waals surface area contributed by atoms with Crippen LogP contribution >= 0.6 is 0 Å². The normalized spacial score (nSPS) is 19.6. The first kappa shape index (κ1) is 25.1. The average Bonchev–Trinajstić information content (AvgIpc) is 3.21. The van der Waals surface area contributed by atoms with Crippen LogP contribution in [0.4, 0.5) is 26.3 Å². The van der Waals surface area contributed by atoms with E-state index in [0.717, 1.165) is 11.1 Å². The van der Waals surface area contributed by atoms with Crippen molar-refractivity contribution < 1.29 is 31.1 Å². The second kappa shape index (κ2) is 8.66. The van der Waals surface area contributed by atoms with Crippen LogP contribution in [0.2, 0.25) is 0 Å². The first-order valence-corrected chi connectivity index (χ1v) is 10.5. The summed E-state index contributed by atoms with van der Waals surface area (Å²) < 4.78 is 80.0. The van der Waals surface area contributed by atoms with Gasteiger partial charge in [0.15, 0.2) is 0 Å². The lowest BCUT2D eigenvalue weighted by Gasteiger charge is -2.36. The van der Waals surface area contributed by atoms with Gasteiger partial charge in [-0.05, 0) is 50.1 Å². The zero-order chi connectivity index (χ0) is 24.8. The number of carbonyl (C=O) groups excluding carboxylic acids is 1. The van der Waals surface area contributed by atoms with Gasteiger partial charge in [0.1, 0.15) is 0 Å². The molecule has 0 aromatic heterocycles. The van der Waals surface area contributed by atoms with Gasteiger partial charge in [-0.3, -0.25) is 4.79 Å². The second-order valence-electron chi connectivity index (χ2n) is 9.08. The number of hydrogen-bond acceptors (Lipinski definition) is 2. The van der Waals surface area contributed by atoms with Crippen LogP contribution in [-0.4, -0.2) is 37.0 Å². The molecular weight excluding hydrogens is 446 g/mol. The fourth-order valence-electron chi connectivity index (χ4n) is 4.26. The first-order valence-electron chi connectivity index (χ1n) is 10.5. The molecule has 0 bridgehead atoms. The number of aryl methyl sites for hydroxylation is 1. The number of benzene rings is 2. The molecule has 0 spiro atoms. The molecule has 1 amide bonds. The largest absolute Gasteiger partial charge is 0.416 e. The SMILES string of the molecule is Cc1ccc([C@@H]2CNC[C@H]2N(C)C(=O)C(C)(C)c2cc(C(F)(F)F)cc(C(F)(F)F)c2)cc1. The molecule has 2 aromatic carbocycles. The molecule has 9 heteroatoms. The molecule has 2 aromatic rings. The van der Waals surface area contributed by atoms with Crippen molar-refractivity contribution in [3.63, 3.8) is 0 Å². The van der Waals surface area contributed by atoms with Crippen LogP contribution in [0.15, 0.2) is 42.5 Å². The fourth-order valence-corrected chi connectivity index (χ4v) is 4.26. The topological polar surface area (TPSA) is 32.3 Å². The van der Waals surface area contributed by atoms with Gasteiger partial charge in [0, 0.05) is 26.1 Å². The Morgan fingerprint density at radius 1 is 0.879 bits per heavy atom. The number of hydrogen-bond donors (Lipinski definition) is 1. The summed E-state index contributed by atoms with van der Waals surface area (Å²) >= 11 is 0. The van der Waals surface area contributed by atoms with Gasteiger partial charge in [-0.2, -0.15) is 26.3 Å². The summed E-state index contributed by atoms with van der Waals surface area (Å²) in [7, 11) is 1.54. The Morgan fingerprint density at radius 2 is 1.36 bits per heavy atom. The van der Waals surface area contributed by atoms with Crippen molar-refractivity contribution in [2.45, 2.75) is 50.5 Å². The zero-order valence-electron chi connectivity index (χ0n) is 18.7. The van der Waals surface area contributed by atoms with E-state index in [2.05, 4.69) is 5.32 Å². The van der Waals surface area contributed by atoms with Crippen LogP contribution in [0.25, 0.3) is 0 Å². The van der Waals surface area contributed by atoms with Crippen LogP contribution < -0.4 is 5.32 Å². The maximum absolute atomic E-state index is 13.4. The van der Waals surface area contributed by atoms with Crippen LogP contribution in [-0.2, 0) is 22.6 Å². The number of amides is 1. The molecule has 1 aliphatic rings. The minimum Gasteiger partial charge on any atom is -0.340 e. The van der Waals surface area contributed by atoms with E-state index in [1.165, 1.54) is 18.7 Å². The van der Waals surface area contributed by atoms with E-state index in [0.29, 0.717) is 25.2 Å². The van der Waals surface area contributed by atoms with Gasteiger partial charge >= 0.3 is 12.4 Å². The highest BCUT2D eigenvalue weighted by Gasteiger charge is 2.43. The van der Waals surface area contributed by atoms with Crippen molar-refractivity contribution in [1.82, 2.24) is 10.2 Å². The Kier molecular flexibility index (Phi) is 6.59. The summed E-state index contributed by atoms with van der Waals surface area (Å²) in [5.41, 5.74) is -2.73. The Morgan fingerprint density at radius 3 is 1.85 bits per heavy atom. The van der Waals surface area contributed by atoms with E-state index < -0.39 is 34.8 Å². The number of halogens is 6. The van der Waals surface area contributed by atoms with Crippen molar-refractivity contribution in [2.24, 2.45) is 0 Å². The van der Waals surface area contributed by atoms with Gasteiger partial charge in [-0.15, -0.1) is 0 Å². The lowest BCUT2D eigenvalue weighted by Crippen LogP contribution is -2.48. The van der Waals surface area contributed by atoms with Crippen molar-refractivity contribution in [3.8, 4) is 0 Å². The number of nitrogens with one attached hydrogen (secondary N) is 1. The lowest BCUT2D eigenvalue weighted by molar-refractivity contribution is -0.144. The van der Waals surface area contributed by atoms with E-state index >= 15 is 0 Å². The third-order valence-electron chi connectivity index (χ3n) is 6.35. The second-order valence-corrected chi connectivity index (χ2v) is 9.08. The third kappa shape index (κ3) is 5.18. The molecule has 1 N–H and O–H groups in total. The van der Waals surface area contributed by atoms with Gasteiger partial charge in [0.2, 0.25) is 5.91 Å². The maximum atomic E-state index is 13.4. The molecule has 0 unspecified atom stereocenters. The predicted molar refractivity (Wildman–Crippen MR) is 113 cm³/mol. The molecule has 1 saturated heterocycles. The lowest BCUT2D eigenvalue weighted by atomic mass is 9.80. The van der Waals surface area contributed by atoms with Crippen LogP contribution in [0, 0.1) is 6.92 Å². The summed E-state index contributed by atoms with van der Waals surface area (Å²) in [6, 6.07) is 8.87. The Balaban J connectivity index is 1.96. The Labute approximate surface area is 188 Å². The predicted octanol–water partition coefficient (Wildman–Crippen LogP) is 5.52. The van der Waals surface area contributed by atoms with Crippen LogP contribution in [0.3, 0.4) is 0 Å². The summed E-state index contributed by atoms with van der Waals surface area (Å²) in [6.45, 7) is 5.73. The maximum Gasteiger partial charge on any atom is 0.416 e. The van der Waals surface area contributed by atoms with E-state index in [1.807, 2.05) is 31.2 Å². The quantitative estimate of drug-likeness (QED) is 0.594. The van der Waals surface area contributed by atoms with Crippen LogP contribution in [0.5, 0.6) is 0 Å². The monoisotopic (exact) mass is 472 g/mol. The molecule has 1 heterocycles. The zero-order valence-corrected chi connectivity index (χ0v) is 18.7. The Bertz CT molecular complexity index is 979. The van der Waals surface area contributed by atoms with Crippen molar-refractivity contribution in [3.05, 3.63) is 70.3 Å². The number of carbonyl (C=O) groups is 1. The van der Waals surface area contributed by atoms with E-state index in [-0.39, 0.29) is 23.6 Å². The number of alkyl halides is 6. The van der Waals surface area contributed by atoms with Crippen LogP contribution in [0.1, 0.15) is 47.6 Å². The molecule has 1 fully saturated rings. The van der Waals surface area contributed by atoms with Gasteiger partial charge in [-0.25, -0.2) is 0 Å². The van der Waals surface area contributed by atoms with Gasteiger partial charge in [-0.1, -0.05) is 29.8 Å². The fraction of sp³-hybridized carbons (Fsp3) is 0.458. The molecule has 180 valence electrons. The molecule has 0 saturated carbocycles. The summed E-state index contributed by atoms with van der Waals surface area (Å²) in [5.74, 6) is -0.608. The third-order valence-corrected chi connectivity index (χ3v) is 6.35. The molecule has 0 radical (unpaired) electrons. The Hall–Kier alpha value is -2.55. The summed E-state index contributed by atoms with van der Waals surface area (Å²) in [4.78, 5) is 14.9. The minimum atomic E-state index is -4.98. The van der Waals surface area contributed by atoms with E-state index in [4.69, 9.17) is 0 Å². The molecule has 2 atom stereocenters. The molecule has 3 rings (SSSR count). The highest BCUT2D eigenvalue weighted by molar-refractivity contribution is 5.87. The standard InChI is InChI=1S/C24H26F6N2O/c1-14-5-7-15(8-6-14)19-12-31-13-20(19)32(4)21(33)22(2,3)16-9-17(23(25,26)27)11-18(10-16)24(28,29)30/h5-11,19-20,31H,12-13H2,1-4H3/t19-,20+/m0/s1. The number of nitrogens with zero attached hydrogens (tertiary/aromatic N) is 1. The van der Waals surface area contributed by atoms with E-state index in [9.17, 15) is 31.1 Å². The average molecular weight is 472 g/mol. The highest BCUT2D eigenvalue weighted by Crippen LogP contribution is 2.40. The van der Waals surface area contributed by atoms with Crippen molar-refractivity contribution in [1.29, 1.82) is 0 Å².